The van der Waals surface area contributed by atoms with Crippen LogP contribution in [0.2, 0.25) is 0 Å². The lowest BCUT2D eigenvalue weighted by Crippen LogP contribution is -2.33. The number of phenolic OH excluding ortho intramolecular Hbond substituents is 1. The molecule has 1 aromatic rings. The third kappa shape index (κ3) is 2.90. The lowest BCUT2D eigenvalue weighted by Gasteiger charge is -2.19. The van der Waals surface area contributed by atoms with Crippen molar-refractivity contribution in [2.45, 2.75) is 38.5 Å². The zero-order valence-corrected chi connectivity index (χ0v) is 10.2. The van der Waals surface area contributed by atoms with Crippen molar-refractivity contribution in [3.8, 4) is 11.5 Å². The van der Waals surface area contributed by atoms with Crippen LogP contribution in [-0.2, 0) is 0 Å². The van der Waals surface area contributed by atoms with Crippen molar-refractivity contribution < 1.29 is 14.9 Å². The van der Waals surface area contributed by atoms with Crippen LogP contribution in [0.1, 0.15) is 31.9 Å². The maximum atomic E-state index is 9.35. The molecule has 4 heteroatoms. The molecule has 0 aromatic heterocycles. The second kappa shape index (κ2) is 4.94. The van der Waals surface area contributed by atoms with Crippen molar-refractivity contribution in [3.05, 3.63) is 23.8 Å². The van der Waals surface area contributed by atoms with Gasteiger partial charge in [-0.1, -0.05) is 0 Å². The number of aliphatic hydroxyl groups excluding tert-OH is 1. The SMILES string of the molecule is CC(O)CC(C)NC1COc2cc(O)ccc21. The van der Waals surface area contributed by atoms with Gasteiger partial charge in [-0.3, -0.25) is 0 Å². The molecule has 0 saturated heterocycles. The average Bonchev–Trinajstić information content (AvgIpc) is 2.59. The molecule has 0 bridgehead atoms. The molecule has 3 N–H and O–H groups in total. The standard InChI is InChI=1S/C13H19NO3/c1-8(5-9(2)15)14-12-7-17-13-6-10(16)3-4-11(12)13/h3-4,6,8-9,12,14-16H,5,7H2,1-2H3. The van der Waals surface area contributed by atoms with Crippen LogP contribution in [0.3, 0.4) is 0 Å². The molecule has 1 aliphatic rings. The van der Waals surface area contributed by atoms with Gasteiger partial charge >= 0.3 is 0 Å². The van der Waals surface area contributed by atoms with Gasteiger partial charge in [0.1, 0.15) is 18.1 Å². The zero-order chi connectivity index (χ0) is 12.4. The van der Waals surface area contributed by atoms with Crippen LogP contribution in [0.4, 0.5) is 0 Å². The number of phenols is 1. The van der Waals surface area contributed by atoms with Gasteiger partial charge in [-0.05, 0) is 32.4 Å². The molecule has 4 nitrogen and oxygen atoms in total. The van der Waals surface area contributed by atoms with Crippen LogP contribution in [0.15, 0.2) is 18.2 Å². The van der Waals surface area contributed by atoms with E-state index in [4.69, 9.17) is 4.74 Å². The molecule has 94 valence electrons. The Bertz CT molecular complexity index is 392. The molecule has 0 amide bonds. The minimum atomic E-state index is -0.306. The van der Waals surface area contributed by atoms with Gasteiger partial charge in [-0.2, -0.15) is 0 Å². The summed E-state index contributed by atoms with van der Waals surface area (Å²) in [5.41, 5.74) is 1.07. The molecule has 2 rings (SSSR count). The molecular weight excluding hydrogens is 218 g/mol. The largest absolute Gasteiger partial charge is 0.508 e. The number of aromatic hydroxyl groups is 1. The number of fused-ring (bicyclic) bond motifs is 1. The Balaban J connectivity index is 2.02. The Morgan fingerprint density at radius 3 is 2.94 bits per heavy atom. The first-order valence-electron chi connectivity index (χ1n) is 5.96. The average molecular weight is 237 g/mol. The van der Waals surface area contributed by atoms with Gasteiger partial charge in [0.25, 0.3) is 0 Å². The van der Waals surface area contributed by atoms with Crippen LogP contribution in [0.25, 0.3) is 0 Å². The normalized spacial score (nSPS) is 21.7. The van der Waals surface area contributed by atoms with Crippen LogP contribution >= 0.6 is 0 Å². The smallest absolute Gasteiger partial charge is 0.127 e. The fourth-order valence-corrected chi connectivity index (χ4v) is 2.26. The van der Waals surface area contributed by atoms with Crippen molar-refractivity contribution in [1.29, 1.82) is 0 Å². The summed E-state index contributed by atoms with van der Waals surface area (Å²) in [5.74, 6) is 0.966. The first-order chi connectivity index (χ1) is 8.06. The van der Waals surface area contributed by atoms with Gasteiger partial charge in [-0.25, -0.2) is 0 Å². The third-order valence-corrected chi connectivity index (χ3v) is 2.96. The molecule has 0 spiro atoms. The quantitative estimate of drug-likeness (QED) is 0.744. The number of benzene rings is 1. The Kier molecular flexibility index (Phi) is 3.54. The van der Waals surface area contributed by atoms with Crippen molar-refractivity contribution in [3.63, 3.8) is 0 Å². The zero-order valence-electron chi connectivity index (χ0n) is 10.2. The molecule has 0 saturated carbocycles. The van der Waals surface area contributed by atoms with E-state index < -0.39 is 0 Å². The first-order valence-corrected chi connectivity index (χ1v) is 5.96. The Morgan fingerprint density at radius 1 is 1.47 bits per heavy atom. The predicted molar refractivity (Wildman–Crippen MR) is 65.2 cm³/mol. The Labute approximate surface area is 101 Å². The summed E-state index contributed by atoms with van der Waals surface area (Å²) in [4.78, 5) is 0. The Hall–Kier alpha value is -1.26. The molecule has 1 heterocycles. The first kappa shape index (κ1) is 12.2. The van der Waals surface area contributed by atoms with Crippen molar-refractivity contribution >= 4 is 0 Å². The summed E-state index contributed by atoms with van der Waals surface area (Å²) < 4.78 is 5.51. The van der Waals surface area contributed by atoms with E-state index in [9.17, 15) is 10.2 Å². The van der Waals surface area contributed by atoms with Gasteiger partial charge in [0.05, 0.1) is 12.1 Å². The molecule has 0 fully saturated rings. The summed E-state index contributed by atoms with van der Waals surface area (Å²) in [6.07, 6.45) is 0.406. The summed E-state index contributed by atoms with van der Waals surface area (Å²) in [6.45, 7) is 4.41. The molecule has 1 aromatic carbocycles. The maximum absolute atomic E-state index is 9.35. The van der Waals surface area contributed by atoms with Crippen molar-refractivity contribution in [2.75, 3.05) is 6.61 Å². The lowest BCUT2D eigenvalue weighted by atomic mass is 10.1. The van der Waals surface area contributed by atoms with Crippen LogP contribution in [0, 0.1) is 0 Å². The maximum Gasteiger partial charge on any atom is 0.127 e. The van der Waals surface area contributed by atoms with E-state index >= 15 is 0 Å². The van der Waals surface area contributed by atoms with Gasteiger partial charge < -0.3 is 20.3 Å². The molecular formula is C13H19NO3. The van der Waals surface area contributed by atoms with E-state index in [1.807, 2.05) is 13.0 Å². The fourth-order valence-electron chi connectivity index (χ4n) is 2.26. The van der Waals surface area contributed by atoms with Crippen molar-refractivity contribution in [2.24, 2.45) is 0 Å². The van der Waals surface area contributed by atoms with Gasteiger partial charge in [0.2, 0.25) is 0 Å². The highest BCUT2D eigenvalue weighted by Crippen LogP contribution is 2.35. The van der Waals surface area contributed by atoms with E-state index in [0.29, 0.717) is 13.0 Å². The van der Waals surface area contributed by atoms with E-state index in [2.05, 4.69) is 5.32 Å². The van der Waals surface area contributed by atoms with Crippen molar-refractivity contribution in [1.82, 2.24) is 5.32 Å². The Morgan fingerprint density at radius 2 is 2.24 bits per heavy atom. The lowest BCUT2D eigenvalue weighted by molar-refractivity contribution is 0.165. The summed E-state index contributed by atoms with van der Waals surface area (Å²) in [5, 5.41) is 22.1. The van der Waals surface area contributed by atoms with Crippen LogP contribution < -0.4 is 10.1 Å². The second-order valence-electron chi connectivity index (χ2n) is 4.74. The van der Waals surface area contributed by atoms with Gasteiger partial charge in [0.15, 0.2) is 0 Å². The molecule has 3 unspecified atom stereocenters. The number of ether oxygens (including phenoxy) is 1. The van der Waals surface area contributed by atoms with Gasteiger partial charge in [0, 0.05) is 17.7 Å². The molecule has 0 radical (unpaired) electrons. The van der Waals surface area contributed by atoms with Crippen LogP contribution in [0.5, 0.6) is 11.5 Å². The van der Waals surface area contributed by atoms with Crippen LogP contribution in [-0.4, -0.2) is 29.0 Å². The topological polar surface area (TPSA) is 61.7 Å². The predicted octanol–water partition coefficient (Wildman–Crippen LogP) is 1.57. The highest BCUT2D eigenvalue weighted by atomic mass is 16.5. The minimum Gasteiger partial charge on any atom is -0.508 e. The third-order valence-electron chi connectivity index (χ3n) is 2.96. The fraction of sp³-hybridized carbons (Fsp3) is 0.538. The number of rotatable bonds is 4. The summed E-state index contributed by atoms with van der Waals surface area (Å²) in [6, 6.07) is 5.55. The minimum absolute atomic E-state index is 0.138. The molecule has 0 aliphatic carbocycles. The molecule has 17 heavy (non-hydrogen) atoms. The van der Waals surface area contributed by atoms with Gasteiger partial charge in [-0.15, -0.1) is 0 Å². The highest BCUT2D eigenvalue weighted by molar-refractivity contribution is 5.44. The highest BCUT2D eigenvalue weighted by Gasteiger charge is 2.25. The van der Waals surface area contributed by atoms with E-state index in [1.165, 1.54) is 0 Å². The van der Waals surface area contributed by atoms with E-state index in [-0.39, 0.29) is 23.9 Å². The number of hydrogen-bond acceptors (Lipinski definition) is 4. The number of hydrogen-bond donors (Lipinski definition) is 3. The summed E-state index contributed by atoms with van der Waals surface area (Å²) in [7, 11) is 0. The molecule has 3 atom stereocenters. The second-order valence-corrected chi connectivity index (χ2v) is 4.74. The van der Waals surface area contributed by atoms with E-state index in [1.54, 1.807) is 19.1 Å². The van der Waals surface area contributed by atoms with E-state index in [0.717, 1.165) is 11.3 Å². The monoisotopic (exact) mass is 237 g/mol. The number of aliphatic hydroxyl groups is 1. The number of nitrogens with one attached hydrogen (secondary N) is 1. The molecule has 1 aliphatic heterocycles. The summed E-state index contributed by atoms with van der Waals surface area (Å²) >= 11 is 0.